The van der Waals surface area contributed by atoms with Gasteiger partial charge in [-0.3, -0.25) is 14.8 Å². The first-order chi connectivity index (χ1) is 7.90. The lowest BCUT2D eigenvalue weighted by Gasteiger charge is -2.06. The van der Waals surface area contributed by atoms with Crippen molar-refractivity contribution in [2.45, 2.75) is 6.61 Å². The first kappa shape index (κ1) is 10.3. The van der Waals surface area contributed by atoms with Crippen LogP contribution in [0.15, 0.2) is 42.9 Å². The Kier molecular flexibility index (Phi) is 3.23. The number of carbonyl (C=O) groups excluding carboxylic acids is 1. The summed E-state index contributed by atoms with van der Waals surface area (Å²) in [7, 11) is 0. The number of hydrogen-bond acceptors (Lipinski definition) is 4. The SMILES string of the molecule is O=Cc1cnccc1OCc1ccccn1. The number of hydrogen-bond donors (Lipinski definition) is 0. The molecular weight excluding hydrogens is 204 g/mol. The number of aldehydes is 1. The fourth-order valence-electron chi connectivity index (χ4n) is 1.25. The molecule has 0 aliphatic carbocycles. The van der Waals surface area contributed by atoms with E-state index in [0.717, 1.165) is 12.0 Å². The first-order valence-corrected chi connectivity index (χ1v) is 4.82. The Morgan fingerprint density at radius 1 is 1.25 bits per heavy atom. The van der Waals surface area contributed by atoms with Crippen molar-refractivity contribution < 1.29 is 9.53 Å². The molecule has 4 heteroatoms. The van der Waals surface area contributed by atoms with E-state index in [4.69, 9.17) is 4.74 Å². The smallest absolute Gasteiger partial charge is 0.155 e. The largest absolute Gasteiger partial charge is 0.486 e. The van der Waals surface area contributed by atoms with E-state index in [9.17, 15) is 4.79 Å². The minimum atomic E-state index is 0.339. The topological polar surface area (TPSA) is 52.1 Å². The van der Waals surface area contributed by atoms with E-state index in [2.05, 4.69) is 9.97 Å². The third kappa shape index (κ3) is 2.42. The Labute approximate surface area is 92.9 Å². The second-order valence-electron chi connectivity index (χ2n) is 3.14. The summed E-state index contributed by atoms with van der Waals surface area (Å²) in [4.78, 5) is 18.7. The van der Waals surface area contributed by atoms with Crippen LogP contribution in [0.5, 0.6) is 5.75 Å². The lowest BCUT2D eigenvalue weighted by Crippen LogP contribution is -2.00. The zero-order valence-electron chi connectivity index (χ0n) is 8.54. The maximum Gasteiger partial charge on any atom is 0.155 e. The van der Waals surface area contributed by atoms with Crippen molar-refractivity contribution in [3.8, 4) is 5.75 Å². The highest BCUT2D eigenvalue weighted by molar-refractivity contribution is 5.78. The number of carbonyl (C=O) groups is 1. The van der Waals surface area contributed by atoms with Crippen molar-refractivity contribution in [1.82, 2.24) is 9.97 Å². The van der Waals surface area contributed by atoms with Gasteiger partial charge in [0.1, 0.15) is 12.4 Å². The van der Waals surface area contributed by atoms with E-state index < -0.39 is 0 Å². The lowest BCUT2D eigenvalue weighted by atomic mass is 10.3. The summed E-state index contributed by atoms with van der Waals surface area (Å²) in [6, 6.07) is 7.25. The molecule has 0 aliphatic rings. The van der Waals surface area contributed by atoms with Gasteiger partial charge in [0.05, 0.1) is 11.3 Å². The van der Waals surface area contributed by atoms with Gasteiger partial charge < -0.3 is 4.74 Å². The van der Waals surface area contributed by atoms with Crippen LogP contribution in [0, 0.1) is 0 Å². The highest BCUT2D eigenvalue weighted by atomic mass is 16.5. The van der Waals surface area contributed by atoms with E-state index in [1.165, 1.54) is 6.20 Å². The molecule has 0 radical (unpaired) electrons. The number of aromatic nitrogens is 2. The van der Waals surface area contributed by atoms with Crippen LogP contribution in [0.1, 0.15) is 16.1 Å². The van der Waals surface area contributed by atoms with Gasteiger partial charge in [-0.1, -0.05) is 6.07 Å². The minimum absolute atomic E-state index is 0.339. The Morgan fingerprint density at radius 2 is 2.19 bits per heavy atom. The molecule has 0 bridgehead atoms. The lowest BCUT2D eigenvalue weighted by molar-refractivity contribution is 0.111. The number of pyridine rings is 2. The maximum atomic E-state index is 10.7. The molecule has 0 atom stereocenters. The van der Waals surface area contributed by atoms with Gasteiger partial charge in [-0.15, -0.1) is 0 Å². The average Bonchev–Trinajstić information content (AvgIpc) is 2.38. The fourth-order valence-corrected chi connectivity index (χ4v) is 1.25. The van der Waals surface area contributed by atoms with Gasteiger partial charge in [-0.05, 0) is 18.2 Å². The van der Waals surface area contributed by atoms with Gasteiger partial charge in [0, 0.05) is 18.6 Å². The monoisotopic (exact) mass is 214 g/mol. The molecule has 0 fully saturated rings. The summed E-state index contributed by atoms with van der Waals surface area (Å²) in [5, 5.41) is 0. The maximum absolute atomic E-state index is 10.7. The van der Waals surface area contributed by atoms with Crippen LogP contribution in [-0.4, -0.2) is 16.3 Å². The van der Waals surface area contributed by atoms with Crippen molar-refractivity contribution in [1.29, 1.82) is 0 Å². The van der Waals surface area contributed by atoms with Crippen LogP contribution in [0.25, 0.3) is 0 Å². The van der Waals surface area contributed by atoms with E-state index in [-0.39, 0.29) is 0 Å². The summed E-state index contributed by atoms with van der Waals surface area (Å²) >= 11 is 0. The van der Waals surface area contributed by atoms with Crippen LogP contribution in [0.3, 0.4) is 0 Å². The molecule has 0 aliphatic heterocycles. The quantitative estimate of drug-likeness (QED) is 0.729. The second-order valence-corrected chi connectivity index (χ2v) is 3.14. The Morgan fingerprint density at radius 3 is 2.94 bits per heavy atom. The van der Waals surface area contributed by atoms with Crippen molar-refractivity contribution in [3.63, 3.8) is 0 Å². The van der Waals surface area contributed by atoms with Crippen molar-refractivity contribution in [2.75, 3.05) is 0 Å². The Hall–Kier alpha value is -2.23. The van der Waals surface area contributed by atoms with E-state index in [1.807, 2.05) is 18.2 Å². The minimum Gasteiger partial charge on any atom is -0.486 e. The van der Waals surface area contributed by atoms with Crippen molar-refractivity contribution in [2.24, 2.45) is 0 Å². The molecule has 80 valence electrons. The first-order valence-electron chi connectivity index (χ1n) is 4.82. The summed E-state index contributed by atoms with van der Waals surface area (Å²) in [6.07, 6.45) is 5.48. The third-order valence-corrected chi connectivity index (χ3v) is 2.04. The predicted octanol–water partition coefficient (Wildman–Crippen LogP) is 1.87. The predicted molar refractivity (Wildman–Crippen MR) is 58.2 cm³/mol. The van der Waals surface area contributed by atoms with Gasteiger partial charge in [0.2, 0.25) is 0 Å². The molecule has 2 aromatic heterocycles. The summed E-state index contributed by atoms with van der Waals surface area (Å²) in [5.74, 6) is 0.524. The molecule has 0 saturated heterocycles. The van der Waals surface area contributed by atoms with E-state index >= 15 is 0 Å². The van der Waals surface area contributed by atoms with E-state index in [1.54, 1.807) is 18.5 Å². The van der Waals surface area contributed by atoms with Gasteiger partial charge in [0.15, 0.2) is 6.29 Å². The molecule has 0 saturated carbocycles. The molecule has 0 aromatic carbocycles. The molecule has 16 heavy (non-hydrogen) atoms. The molecule has 2 aromatic rings. The van der Waals surface area contributed by atoms with Crippen LogP contribution >= 0.6 is 0 Å². The van der Waals surface area contributed by atoms with Crippen LogP contribution in [0.2, 0.25) is 0 Å². The third-order valence-electron chi connectivity index (χ3n) is 2.04. The van der Waals surface area contributed by atoms with Gasteiger partial charge in [-0.2, -0.15) is 0 Å². The van der Waals surface area contributed by atoms with Gasteiger partial charge in [-0.25, -0.2) is 0 Å². The summed E-state index contributed by atoms with van der Waals surface area (Å²) in [5.41, 5.74) is 1.26. The highest BCUT2D eigenvalue weighted by Crippen LogP contribution is 2.15. The number of ether oxygens (including phenoxy) is 1. The van der Waals surface area contributed by atoms with E-state index in [0.29, 0.717) is 17.9 Å². The van der Waals surface area contributed by atoms with Crippen LogP contribution in [-0.2, 0) is 6.61 Å². The zero-order valence-corrected chi connectivity index (χ0v) is 8.54. The van der Waals surface area contributed by atoms with Gasteiger partial charge in [0.25, 0.3) is 0 Å². The molecule has 0 amide bonds. The van der Waals surface area contributed by atoms with Crippen LogP contribution < -0.4 is 4.74 Å². The normalized spacial score (nSPS) is 9.75. The fraction of sp³-hybridized carbons (Fsp3) is 0.0833. The average molecular weight is 214 g/mol. The number of nitrogens with zero attached hydrogens (tertiary/aromatic N) is 2. The summed E-state index contributed by atoms with van der Waals surface area (Å²) in [6.45, 7) is 0.339. The Bertz CT molecular complexity index is 471. The zero-order chi connectivity index (χ0) is 11.2. The standard InChI is InChI=1S/C12H10N2O2/c15-8-10-7-13-6-4-12(10)16-9-11-3-1-2-5-14-11/h1-8H,9H2. The molecular formula is C12H10N2O2. The molecule has 4 nitrogen and oxygen atoms in total. The molecule has 2 rings (SSSR count). The number of rotatable bonds is 4. The molecule has 0 spiro atoms. The molecule has 0 N–H and O–H groups in total. The molecule has 2 heterocycles. The molecule has 0 unspecified atom stereocenters. The van der Waals surface area contributed by atoms with Crippen molar-refractivity contribution in [3.05, 3.63) is 54.1 Å². The van der Waals surface area contributed by atoms with Crippen molar-refractivity contribution >= 4 is 6.29 Å². The second kappa shape index (κ2) is 5.02. The highest BCUT2D eigenvalue weighted by Gasteiger charge is 2.02. The Balaban J connectivity index is 2.08. The summed E-state index contributed by atoms with van der Waals surface area (Å²) < 4.78 is 5.48. The van der Waals surface area contributed by atoms with Crippen LogP contribution in [0.4, 0.5) is 0 Å². The van der Waals surface area contributed by atoms with Gasteiger partial charge >= 0.3 is 0 Å².